The van der Waals surface area contributed by atoms with Crippen LogP contribution in [0.5, 0.6) is 0 Å². The van der Waals surface area contributed by atoms with Gasteiger partial charge in [0.2, 0.25) is 0 Å². The lowest BCUT2D eigenvalue weighted by Crippen LogP contribution is -2.20. The number of aryl methyl sites for hydroxylation is 1. The highest BCUT2D eigenvalue weighted by molar-refractivity contribution is 7.86. The quantitative estimate of drug-likeness (QED) is 0.114. The lowest BCUT2D eigenvalue weighted by molar-refractivity contribution is -0.539. The number of nitrogens with zero attached hydrogens (tertiary/aromatic N) is 1. The van der Waals surface area contributed by atoms with E-state index in [9.17, 15) is 25.9 Å². The van der Waals surface area contributed by atoms with Gasteiger partial charge in [-0.3, -0.25) is 9.11 Å². The van der Waals surface area contributed by atoms with Crippen molar-refractivity contribution in [1.29, 1.82) is 0 Å². The van der Waals surface area contributed by atoms with Crippen LogP contribution in [0.25, 0.3) is 5.57 Å². The molecule has 4 aromatic rings. The van der Waals surface area contributed by atoms with E-state index in [2.05, 4.69) is 29.0 Å². The maximum absolute atomic E-state index is 11.7. The normalized spacial score (nSPS) is 15.6. The summed E-state index contributed by atoms with van der Waals surface area (Å²) in [6.07, 6.45) is 6.23. The Hall–Kier alpha value is -4.32. The van der Waals surface area contributed by atoms with Crippen LogP contribution in [0.4, 0.5) is 5.69 Å². The molecule has 8 nitrogen and oxygen atoms in total. The van der Waals surface area contributed by atoms with E-state index in [0.29, 0.717) is 30.2 Å². The van der Waals surface area contributed by atoms with Gasteiger partial charge in [0.05, 0.1) is 9.79 Å². The fourth-order valence-corrected chi connectivity index (χ4v) is 7.04. The monoisotopic (exact) mass is 703 g/mol. The van der Waals surface area contributed by atoms with Crippen LogP contribution in [0.3, 0.4) is 0 Å². The van der Waals surface area contributed by atoms with Crippen LogP contribution in [-0.4, -0.2) is 42.8 Å². The second-order valence-corrected chi connectivity index (χ2v) is 14.7. The van der Waals surface area contributed by atoms with E-state index in [4.69, 9.17) is 11.6 Å². The molecule has 0 aliphatic heterocycles. The third kappa shape index (κ3) is 8.21. The van der Waals surface area contributed by atoms with Gasteiger partial charge in [-0.25, -0.2) is 4.58 Å². The summed E-state index contributed by atoms with van der Waals surface area (Å²) in [5, 5.41) is 3.96. The molecule has 48 heavy (non-hydrogen) atoms. The highest BCUT2D eigenvalue weighted by Gasteiger charge is 2.22. The molecular formula is C37H36ClN2O6S2+. The topological polar surface area (TPSA) is 124 Å². The van der Waals surface area contributed by atoms with Crippen LogP contribution in [0, 0.1) is 6.92 Å². The van der Waals surface area contributed by atoms with Crippen molar-refractivity contribution in [3.63, 3.8) is 0 Å². The second-order valence-electron chi connectivity index (χ2n) is 11.5. The summed E-state index contributed by atoms with van der Waals surface area (Å²) < 4.78 is 67.6. The minimum absolute atomic E-state index is 0.135. The molecule has 0 unspecified atom stereocenters. The van der Waals surface area contributed by atoms with Gasteiger partial charge in [-0.1, -0.05) is 60.1 Å². The summed E-state index contributed by atoms with van der Waals surface area (Å²) in [5.74, 6) is 0. The van der Waals surface area contributed by atoms with Crippen molar-refractivity contribution >= 4 is 48.8 Å². The van der Waals surface area contributed by atoms with Crippen molar-refractivity contribution in [2.24, 2.45) is 0 Å². The number of halogens is 1. The molecule has 0 saturated heterocycles. The molecule has 11 heteroatoms. The Kier molecular flexibility index (Phi) is 10.5. The third-order valence-corrected chi connectivity index (χ3v) is 10.2. The maximum Gasteiger partial charge on any atom is 0.294 e. The Morgan fingerprint density at radius 3 is 2.02 bits per heavy atom. The van der Waals surface area contributed by atoms with Gasteiger partial charge in [-0.05, 0) is 103 Å². The Bertz CT molecular complexity index is 2240. The van der Waals surface area contributed by atoms with Crippen molar-refractivity contribution in [3.05, 3.63) is 153 Å². The zero-order valence-electron chi connectivity index (χ0n) is 26.7. The van der Waals surface area contributed by atoms with Gasteiger partial charge in [-0.15, -0.1) is 0 Å². The summed E-state index contributed by atoms with van der Waals surface area (Å²) in [4.78, 5) is -0.286. The predicted octanol–water partition coefficient (Wildman–Crippen LogP) is 7.75. The van der Waals surface area contributed by atoms with Crippen LogP contribution < -0.4 is 5.32 Å². The molecule has 0 heterocycles. The highest BCUT2D eigenvalue weighted by atomic mass is 35.5. The van der Waals surface area contributed by atoms with E-state index >= 15 is 0 Å². The Labute approximate surface area is 286 Å². The summed E-state index contributed by atoms with van der Waals surface area (Å²) in [5.41, 5.74) is 9.14. The number of rotatable bonds is 10. The average molecular weight is 704 g/mol. The number of hydrogen-bond acceptors (Lipinski definition) is 5. The van der Waals surface area contributed by atoms with Crippen LogP contribution in [0.1, 0.15) is 41.7 Å². The standard InChI is InChI=1S/C37H35ClN2O6S2/c1-4-40(24-28-10-8-12-32(22-28)48(44,45)46)30-16-18-34(26(3)20-30)37(35-13-5-6-14-36(35)38)33-17-15-29(19-25(33)2)39-23-27-9-7-11-31(21-27)47(41,42)43/h5-22H,4,23-24H2,1-3H3,(H2,41,42,43,44,45,46)/p+1. The lowest BCUT2D eigenvalue weighted by Gasteiger charge is -2.20. The maximum atomic E-state index is 11.7. The van der Waals surface area contributed by atoms with Crippen LogP contribution in [0.2, 0.25) is 5.02 Å². The zero-order chi connectivity index (χ0) is 34.6. The molecule has 3 N–H and O–H groups in total. The molecule has 4 aromatic carbocycles. The van der Waals surface area contributed by atoms with Crippen molar-refractivity contribution in [2.75, 3.05) is 11.9 Å². The predicted molar refractivity (Wildman–Crippen MR) is 191 cm³/mol. The molecule has 248 valence electrons. The Balaban J connectivity index is 1.50. The number of nitrogens with one attached hydrogen (secondary N) is 1. The average Bonchev–Trinajstić information content (AvgIpc) is 3.04. The molecule has 0 aromatic heterocycles. The first kappa shape index (κ1) is 35.0. The van der Waals surface area contributed by atoms with Crippen molar-refractivity contribution in [2.45, 2.75) is 43.7 Å². The first-order valence-electron chi connectivity index (χ1n) is 15.2. The molecule has 1 aliphatic carbocycles. The summed E-state index contributed by atoms with van der Waals surface area (Å²) in [7, 11) is -8.60. The fraction of sp³-hybridized carbons (Fsp3) is 0.162. The van der Waals surface area contributed by atoms with Gasteiger partial charge >= 0.3 is 0 Å². The van der Waals surface area contributed by atoms with Gasteiger partial charge in [0, 0.05) is 40.5 Å². The molecule has 0 saturated carbocycles. The largest absolute Gasteiger partial charge is 0.381 e. The van der Waals surface area contributed by atoms with Crippen molar-refractivity contribution in [3.8, 4) is 0 Å². The Morgan fingerprint density at radius 1 is 0.771 bits per heavy atom. The number of allylic oxidation sites excluding steroid dienone is 5. The van der Waals surface area contributed by atoms with E-state index in [1.54, 1.807) is 18.2 Å². The Morgan fingerprint density at radius 2 is 1.42 bits per heavy atom. The lowest BCUT2D eigenvalue weighted by atomic mass is 9.85. The number of hydrogen-bond donors (Lipinski definition) is 3. The summed E-state index contributed by atoms with van der Waals surface area (Å²) in [6, 6.07) is 26.2. The first-order chi connectivity index (χ1) is 22.7. The van der Waals surface area contributed by atoms with E-state index in [-0.39, 0.29) is 9.79 Å². The molecule has 1 aliphatic rings. The third-order valence-electron chi connectivity index (χ3n) is 8.13. The van der Waals surface area contributed by atoms with Gasteiger partial charge in [0.15, 0.2) is 12.3 Å². The number of anilines is 1. The SMILES string of the molecule is CC[N+](Cc1cccc(S(=O)(=O)O)c1)=C1C=C/C(=C(\c2ccc(NCc3cccc(S(=O)(=O)O)c3)cc2C)c2ccccc2Cl)C(C)=C1. The highest BCUT2D eigenvalue weighted by Crippen LogP contribution is 2.38. The van der Waals surface area contributed by atoms with E-state index in [1.165, 1.54) is 24.3 Å². The van der Waals surface area contributed by atoms with Gasteiger partial charge in [-0.2, -0.15) is 16.8 Å². The molecule has 5 rings (SSSR count). The summed E-state index contributed by atoms with van der Waals surface area (Å²) in [6.45, 7) is 7.59. The first-order valence-corrected chi connectivity index (χ1v) is 18.5. The van der Waals surface area contributed by atoms with E-state index < -0.39 is 20.2 Å². The second kappa shape index (κ2) is 14.4. The van der Waals surface area contributed by atoms with Gasteiger partial charge in [0.25, 0.3) is 20.2 Å². The van der Waals surface area contributed by atoms with Crippen molar-refractivity contribution < 1.29 is 30.5 Å². The van der Waals surface area contributed by atoms with Crippen molar-refractivity contribution in [1.82, 2.24) is 0 Å². The fourth-order valence-electron chi connectivity index (χ4n) is 5.71. The molecule has 0 atom stereocenters. The summed E-state index contributed by atoms with van der Waals surface area (Å²) >= 11 is 6.79. The number of benzene rings is 4. The van der Waals surface area contributed by atoms with Gasteiger partial charge < -0.3 is 5.32 Å². The molecule has 0 spiro atoms. The molecule has 0 amide bonds. The molecule has 0 radical (unpaired) electrons. The van der Waals surface area contributed by atoms with Gasteiger partial charge in [0.1, 0.15) is 6.54 Å². The van der Waals surface area contributed by atoms with E-state index in [0.717, 1.165) is 50.4 Å². The minimum atomic E-state index is -4.30. The zero-order valence-corrected chi connectivity index (χ0v) is 29.1. The van der Waals surface area contributed by atoms with Crippen LogP contribution in [0.15, 0.2) is 130 Å². The van der Waals surface area contributed by atoms with Crippen LogP contribution in [-0.2, 0) is 33.3 Å². The van der Waals surface area contributed by atoms with E-state index in [1.807, 2.05) is 68.5 Å². The smallest absolute Gasteiger partial charge is 0.294 e. The van der Waals surface area contributed by atoms with Crippen LogP contribution >= 0.6 is 11.6 Å². The minimum Gasteiger partial charge on any atom is -0.381 e. The molecule has 0 fully saturated rings. The molecule has 0 bridgehead atoms. The molecular weight excluding hydrogens is 668 g/mol.